The molecule has 0 aromatic carbocycles. The van der Waals surface area contributed by atoms with Crippen LogP contribution >= 0.6 is 0 Å². The third-order valence-corrected chi connectivity index (χ3v) is 2.86. The Labute approximate surface area is 69.8 Å². The third kappa shape index (κ3) is 2.17. The summed E-state index contributed by atoms with van der Waals surface area (Å²) in [5.74, 6) is 0. The first-order valence-corrected chi connectivity index (χ1v) is 4.72. The van der Waals surface area contributed by atoms with Crippen LogP contribution in [-0.2, 0) is 0 Å². The maximum atomic E-state index is 3.62. The first kappa shape index (κ1) is 9.01. The fraction of sp³-hybridized carbons (Fsp3) is 1.00. The Hall–Kier alpha value is -0.0800. The van der Waals surface area contributed by atoms with Gasteiger partial charge in [0.05, 0.1) is 0 Å². The smallest absolute Gasteiger partial charge is 0.0179 e. The van der Waals surface area contributed by atoms with Crippen LogP contribution in [0.5, 0.6) is 0 Å². The minimum atomic E-state index is 0.525. The van der Waals surface area contributed by atoms with Crippen molar-refractivity contribution in [3.05, 3.63) is 0 Å². The highest BCUT2D eigenvalue weighted by atomic mass is 15.0. The lowest BCUT2D eigenvalue weighted by atomic mass is 9.75. The topological polar surface area (TPSA) is 24.1 Å². The summed E-state index contributed by atoms with van der Waals surface area (Å²) in [6, 6.07) is 0. The van der Waals surface area contributed by atoms with Gasteiger partial charge in [-0.15, -0.1) is 0 Å². The minimum absolute atomic E-state index is 0.525. The van der Waals surface area contributed by atoms with Crippen LogP contribution in [0.4, 0.5) is 0 Å². The molecule has 1 aliphatic carbocycles. The SMILES string of the molecule is CCC1(NCCNC)CCC1. The molecule has 0 aromatic rings. The summed E-state index contributed by atoms with van der Waals surface area (Å²) in [5.41, 5.74) is 0.525. The van der Waals surface area contributed by atoms with E-state index in [1.54, 1.807) is 0 Å². The molecular formula is C9H20N2. The van der Waals surface area contributed by atoms with E-state index in [1.807, 2.05) is 7.05 Å². The quantitative estimate of drug-likeness (QED) is 0.583. The molecule has 0 amide bonds. The molecule has 2 heteroatoms. The van der Waals surface area contributed by atoms with E-state index in [0.29, 0.717) is 5.54 Å². The Balaban J connectivity index is 2.11. The summed E-state index contributed by atoms with van der Waals surface area (Å²) in [6.07, 6.45) is 5.47. The third-order valence-electron chi connectivity index (χ3n) is 2.86. The molecule has 0 unspecified atom stereocenters. The fourth-order valence-corrected chi connectivity index (χ4v) is 1.71. The standard InChI is InChI=1S/C9H20N2/c1-3-9(5-4-6-9)11-8-7-10-2/h10-11H,3-8H2,1-2H3. The molecule has 1 fully saturated rings. The maximum absolute atomic E-state index is 3.62. The van der Waals surface area contributed by atoms with Crippen molar-refractivity contribution in [2.75, 3.05) is 20.1 Å². The molecular weight excluding hydrogens is 136 g/mol. The summed E-state index contributed by atoms with van der Waals surface area (Å²) < 4.78 is 0. The molecule has 2 nitrogen and oxygen atoms in total. The molecule has 0 bridgehead atoms. The highest BCUT2D eigenvalue weighted by Crippen LogP contribution is 2.34. The summed E-state index contributed by atoms with van der Waals surface area (Å²) in [4.78, 5) is 0. The maximum Gasteiger partial charge on any atom is 0.0179 e. The van der Waals surface area contributed by atoms with Crippen molar-refractivity contribution in [1.82, 2.24) is 10.6 Å². The number of hydrogen-bond donors (Lipinski definition) is 2. The summed E-state index contributed by atoms with van der Waals surface area (Å²) in [5, 5.41) is 6.77. The second-order valence-electron chi connectivity index (χ2n) is 3.52. The largest absolute Gasteiger partial charge is 0.318 e. The van der Waals surface area contributed by atoms with Gasteiger partial charge in [-0.1, -0.05) is 6.92 Å². The summed E-state index contributed by atoms with van der Waals surface area (Å²) in [6.45, 7) is 4.48. The van der Waals surface area contributed by atoms with Crippen molar-refractivity contribution in [3.8, 4) is 0 Å². The fourth-order valence-electron chi connectivity index (χ4n) is 1.71. The van der Waals surface area contributed by atoms with Gasteiger partial charge in [-0.3, -0.25) is 0 Å². The van der Waals surface area contributed by atoms with Crippen molar-refractivity contribution in [2.24, 2.45) is 0 Å². The molecule has 1 rings (SSSR count). The van der Waals surface area contributed by atoms with Crippen LogP contribution in [0, 0.1) is 0 Å². The van der Waals surface area contributed by atoms with Gasteiger partial charge >= 0.3 is 0 Å². The van der Waals surface area contributed by atoms with Crippen molar-refractivity contribution in [2.45, 2.75) is 38.1 Å². The first-order chi connectivity index (χ1) is 5.33. The minimum Gasteiger partial charge on any atom is -0.318 e. The predicted molar refractivity (Wildman–Crippen MR) is 48.8 cm³/mol. The molecule has 1 aliphatic rings. The van der Waals surface area contributed by atoms with Crippen LogP contribution in [0.15, 0.2) is 0 Å². The molecule has 0 atom stereocenters. The van der Waals surface area contributed by atoms with Crippen molar-refractivity contribution in [3.63, 3.8) is 0 Å². The Bertz CT molecular complexity index is 103. The lowest BCUT2D eigenvalue weighted by Gasteiger charge is -2.42. The number of rotatable bonds is 5. The molecule has 0 aliphatic heterocycles. The van der Waals surface area contributed by atoms with E-state index in [4.69, 9.17) is 0 Å². The van der Waals surface area contributed by atoms with Crippen LogP contribution < -0.4 is 10.6 Å². The van der Waals surface area contributed by atoms with Gasteiger partial charge in [0.25, 0.3) is 0 Å². The van der Waals surface area contributed by atoms with Crippen LogP contribution in [-0.4, -0.2) is 25.7 Å². The number of hydrogen-bond acceptors (Lipinski definition) is 2. The predicted octanol–water partition coefficient (Wildman–Crippen LogP) is 1.13. The lowest BCUT2D eigenvalue weighted by molar-refractivity contribution is 0.179. The van der Waals surface area contributed by atoms with E-state index in [9.17, 15) is 0 Å². The monoisotopic (exact) mass is 156 g/mol. The van der Waals surface area contributed by atoms with Crippen LogP contribution in [0.3, 0.4) is 0 Å². The second kappa shape index (κ2) is 4.07. The Morgan fingerprint density at radius 1 is 1.27 bits per heavy atom. The van der Waals surface area contributed by atoms with Crippen LogP contribution in [0.25, 0.3) is 0 Å². The Kier molecular flexibility index (Phi) is 3.34. The van der Waals surface area contributed by atoms with Gasteiger partial charge in [0.2, 0.25) is 0 Å². The van der Waals surface area contributed by atoms with Gasteiger partial charge < -0.3 is 10.6 Å². The van der Waals surface area contributed by atoms with Gasteiger partial charge in [0, 0.05) is 18.6 Å². The molecule has 0 radical (unpaired) electrons. The Morgan fingerprint density at radius 3 is 2.36 bits per heavy atom. The van der Waals surface area contributed by atoms with E-state index < -0.39 is 0 Å². The molecule has 0 heterocycles. The molecule has 0 aromatic heterocycles. The van der Waals surface area contributed by atoms with E-state index in [1.165, 1.54) is 25.7 Å². The van der Waals surface area contributed by atoms with E-state index in [-0.39, 0.29) is 0 Å². The zero-order chi connectivity index (χ0) is 8.16. The van der Waals surface area contributed by atoms with Crippen molar-refractivity contribution >= 4 is 0 Å². The van der Waals surface area contributed by atoms with E-state index in [0.717, 1.165) is 13.1 Å². The lowest BCUT2D eigenvalue weighted by Crippen LogP contribution is -2.51. The normalized spacial score (nSPS) is 21.3. The summed E-state index contributed by atoms with van der Waals surface area (Å²) in [7, 11) is 2.00. The van der Waals surface area contributed by atoms with Crippen molar-refractivity contribution in [1.29, 1.82) is 0 Å². The zero-order valence-corrected chi connectivity index (χ0v) is 7.74. The molecule has 11 heavy (non-hydrogen) atoms. The molecule has 66 valence electrons. The van der Waals surface area contributed by atoms with Gasteiger partial charge in [-0.05, 0) is 32.7 Å². The van der Waals surface area contributed by atoms with E-state index in [2.05, 4.69) is 17.6 Å². The molecule has 1 saturated carbocycles. The molecule has 2 N–H and O–H groups in total. The zero-order valence-electron chi connectivity index (χ0n) is 7.74. The van der Waals surface area contributed by atoms with Crippen LogP contribution in [0.2, 0.25) is 0 Å². The van der Waals surface area contributed by atoms with Crippen LogP contribution in [0.1, 0.15) is 32.6 Å². The van der Waals surface area contributed by atoms with E-state index >= 15 is 0 Å². The Morgan fingerprint density at radius 2 is 2.00 bits per heavy atom. The molecule has 0 spiro atoms. The van der Waals surface area contributed by atoms with Gasteiger partial charge in [0.1, 0.15) is 0 Å². The highest BCUT2D eigenvalue weighted by molar-refractivity contribution is 4.94. The summed E-state index contributed by atoms with van der Waals surface area (Å²) >= 11 is 0. The molecule has 0 saturated heterocycles. The average Bonchev–Trinajstić information content (AvgIpc) is 1.95. The van der Waals surface area contributed by atoms with Gasteiger partial charge in [0.15, 0.2) is 0 Å². The second-order valence-corrected chi connectivity index (χ2v) is 3.52. The number of likely N-dealkylation sites (N-methyl/N-ethyl adjacent to an activating group) is 1. The highest BCUT2D eigenvalue weighted by Gasteiger charge is 2.33. The average molecular weight is 156 g/mol. The number of nitrogens with one attached hydrogen (secondary N) is 2. The van der Waals surface area contributed by atoms with Crippen molar-refractivity contribution < 1.29 is 0 Å². The van der Waals surface area contributed by atoms with Gasteiger partial charge in [-0.2, -0.15) is 0 Å². The first-order valence-electron chi connectivity index (χ1n) is 4.72. The van der Waals surface area contributed by atoms with Gasteiger partial charge in [-0.25, -0.2) is 0 Å².